The lowest BCUT2D eigenvalue weighted by Crippen LogP contribution is -2.07. The van der Waals surface area contributed by atoms with Crippen molar-refractivity contribution >= 4 is 11.6 Å². The molecule has 0 saturated carbocycles. The van der Waals surface area contributed by atoms with E-state index < -0.39 is 11.7 Å². The summed E-state index contributed by atoms with van der Waals surface area (Å²) in [6.07, 6.45) is -3.77. The zero-order valence-corrected chi connectivity index (χ0v) is 11.6. The molecule has 0 bridgehead atoms. The predicted molar refractivity (Wildman–Crippen MR) is 68.0 cm³/mol. The Morgan fingerprint density at radius 3 is 2.57 bits per heavy atom. The number of methoxy groups -OCH3 is 1. The van der Waals surface area contributed by atoms with E-state index in [4.69, 9.17) is 16.3 Å². The van der Waals surface area contributed by atoms with Crippen molar-refractivity contribution < 1.29 is 23.0 Å². The molecule has 2 heterocycles. The number of hydrogen-bond donors (Lipinski definition) is 1. The Labute approximate surface area is 122 Å². The summed E-state index contributed by atoms with van der Waals surface area (Å²) in [5.41, 5.74) is -0.124. The average Bonchev–Trinajstić information content (AvgIpc) is 2.74. The van der Waals surface area contributed by atoms with Crippen LogP contribution in [0.5, 0.6) is 0 Å². The normalized spacial score (nSPS) is 11.9. The van der Waals surface area contributed by atoms with Gasteiger partial charge in [-0.05, 0) is 12.1 Å². The van der Waals surface area contributed by atoms with Crippen molar-refractivity contribution in [2.75, 3.05) is 7.11 Å². The van der Waals surface area contributed by atoms with Gasteiger partial charge in [-0.2, -0.15) is 18.3 Å². The quantitative estimate of drug-likeness (QED) is 0.940. The lowest BCUT2D eigenvalue weighted by molar-refractivity contribution is -0.137. The Hall–Kier alpha value is -1.64. The third kappa shape index (κ3) is 3.17. The van der Waals surface area contributed by atoms with Gasteiger partial charge in [-0.3, -0.25) is 0 Å². The Morgan fingerprint density at radius 2 is 2.10 bits per heavy atom. The van der Waals surface area contributed by atoms with Crippen LogP contribution in [0.25, 0.3) is 5.82 Å². The highest BCUT2D eigenvalue weighted by atomic mass is 35.5. The van der Waals surface area contributed by atoms with Crippen LogP contribution in [0.15, 0.2) is 18.3 Å². The number of aromatic nitrogens is 3. The Balaban J connectivity index is 2.42. The Bertz CT molecular complexity index is 626. The van der Waals surface area contributed by atoms with Crippen molar-refractivity contribution in [3.8, 4) is 5.82 Å². The molecule has 2 rings (SSSR count). The number of pyridine rings is 1. The molecule has 2 aromatic rings. The molecule has 0 amide bonds. The molecule has 0 radical (unpaired) electrons. The fraction of sp³-hybridized carbons (Fsp3) is 0.333. The van der Waals surface area contributed by atoms with Gasteiger partial charge in [0.15, 0.2) is 5.82 Å². The van der Waals surface area contributed by atoms with Crippen molar-refractivity contribution in [2.45, 2.75) is 19.4 Å². The maximum Gasteiger partial charge on any atom is 0.417 e. The van der Waals surface area contributed by atoms with Crippen LogP contribution in [-0.4, -0.2) is 27.0 Å². The number of alkyl halides is 3. The molecule has 0 aliphatic heterocycles. The van der Waals surface area contributed by atoms with E-state index in [-0.39, 0.29) is 24.2 Å². The molecule has 0 spiro atoms. The van der Waals surface area contributed by atoms with Crippen molar-refractivity contribution in [3.63, 3.8) is 0 Å². The lowest BCUT2D eigenvalue weighted by Gasteiger charge is -2.07. The van der Waals surface area contributed by atoms with Gasteiger partial charge in [0.1, 0.15) is 5.15 Å². The molecule has 0 atom stereocenters. The van der Waals surface area contributed by atoms with Gasteiger partial charge < -0.3 is 9.84 Å². The number of nitrogens with zero attached hydrogens (tertiary/aromatic N) is 3. The van der Waals surface area contributed by atoms with E-state index in [1.165, 1.54) is 7.11 Å². The fourth-order valence-electron chi connectivity index (χ4n) is 1.71. The number of hydrogen-bond acceptors (Lipinski definition) is 4. The largest absolute Gasteiger partial charge is 0.417 e. The number of ether oxygens (including phenoxy) is 1. The molecule has 0 fully saturated rings. The maximum absolute atomic E-state index is 12.5. The van der Waals surface area contributed by atoms with Gasteiger partial charge in [0.05, 0.1) is 24.5 Å². The van der Waals surface area contributed by atoms with Crippen LogP contribution < -0.4 is 0 Å². The van der Waals surface area contributed by atoms with E-state index in [1.54, 1.807) is 0 Å². The average molecular weight is 322 g/mol. The van der Waals surface area contributed by atoms with Crippen LogP contribution in [0.3, 0.4) is 0 Å². The van der Waals surface area contributed by atoms with Gasteiger partial charge in [-0.1, -0.05) is 11.6 Å². The summed E-state index contributed by atoms with van der Waals surface area (Å²) in [6, 6.07) is 2.04. The van der Waals surface area contributed by atoms with E-state index in [0.717, 1.165) is 16.8 Å². The van der Waals surface area contributed by atoms with Gasteiger partial charge in [-0.25, -0.2) is 9.67 Å². The van der Waals surface area contributed by atoms with Gasteiger partial charge in [0.25, 0.3) is 0 Å². The van der Waals surface area contributed by atoms with Crippen molar-refractivity contribution in [1.29, 1.82) is 0 Å². The first-order chi connectivity index (χ1) is 9.88. The molecule has 114 valence electrons. The Kier molecular flexibility index (Phi) is 4.50. The van der Waals surface area contributed by atoms with Crippen LogP contribution in [0, 0.1) is 0 Å². The third-order valence-corrected chi connectivity index (χ3v) is 3.12. The van der Waals surface area contributed by atoms with E-state index in [1.807, 2.05) is 0 Å². The first-order valence-electron chi connectivity index (χ1n) is 5.78. The summed E-state index contributed by atoms with van der Waals surface area (Å²) < 4.78 is 43.5. The van der Waals surface area contributed by atoms with Crippen molar-refractivity contribution in [3.05, 3.63) is 40.3 Å². The van der Waals surface area contributed by atoms with E-state index >= 15 is 0 Å². The molecule has 0 aliphatic rings. The maximum atomic E-state index is 12.5. The summed E-state index contributed by atoms with van der Waals surface area (Å²) in [5, 5.41) is 13.4. The summed E-state index contributed by atoms with van der Waals surface area (Å²) in [5.74, 6) is 0.116. The summed E-state index contributed by atoms with van der Waals surface area (Å²) >= 11 is 6.05. The highest BCUT2D eigenvalue weighted by Gasteiger charge is 2.31. The van der Waals surface area contributed by atoms with Gasteiger partial charge in [0.2, 0.25) is 0 Å². The first kappa shape index (κ1) is 15.7. The molecule has 0 aromatic carbocycles. The highest BCUT2D eigenvalue weighted by Crippen LogP contribution is 2.29. The molecular formula is C12H11ClF3N3O2. The monoisotopic (exact) mass is 321 g/mol. The zero-order valence-electron chi connectivity index (χ0n) is 10.9. The number of halogens is 4. The van der Waals surface area contributed by atoms with Crippen LogP contribution in [-0.2, 0) is 24.1 Å². The van der Waals surface area contributed by atoms with E-state index in [2.05, 4.69) is 10.1 Å². The van der Waals surface area contributed by atoms with Crippen molar-refractivity contribution in [2.24, 2.45) is 0 Å². The van der Waals surface area contributed by atoms with E-state index in [9.17, 15) is 18.3 Å². The minimum atomic E-state index is -4.46. The van der Waals surface area contributed by atoms with Crippen LogP contribution in [0.2, 0.25) is 5.15 Å². The van der Waals surface area contributed by atoms with Crippen LogP contribution in [0.4, 0.5) is 13.2 Å². The van der Waals surface area contributed by atoms with Gasteiger partial charge in [0, 0.05) is 18.9 Å². The number of aliphatic hydroxyl groups is 1. The number of aliphatic hydroxyl groups excluding tert-OH is 1. The standard InChI is InChI=1S/C12H11ClF3N3O2/c1-21-6-9-8(5-20)11(13)19(18-9)10-3-2-7(4-17-10)12(14,15)16/h2-4,20H,5-6H2,1H3. The SMILES string of the molecule is COCc1nn(-c2ccc(C(F)(F)F)cn2)c(Cl)c1CO. The van der Waals surface area contributed by atoms with Crippen LogP contribution >= 0.6 is 11.6 Å². The molecule has 2 aromatic heterocycles. The zero-order chi connectivity index (χ0) is 15.6. The summed E-state index contributed by atoms with van der Waals surface area (Å²) in [6.45, 7) is -0.249. The molecule has 9 heteroatoms. The summed E-state index contributed by atoms with van der Waals surface area (Å²) in [4.78, 5) is 3.70. The van der Waals surface area contributed by atoms with E-state index in [0.29, 0.717) is 17.5 Å². The van der Waals surface area contributed by atoms with Gasteiger partial charge in [-0.15, -0.1) is 0 Å². The number of rotatable bonds is 4. The molecule has 0 unspecified atom stereocenters. The predicted octanol–water partition coefficient (Wildman–Crippen LogP) is 2.58. The fourth-order valence-corrected chi connectivity index (χ4v) is 2.01. The molecule has 0 saturated heterocycles. The molecule has 0 aliphatic carbocycles. The second-order valence-electron chi connectivity index (χ2n) is 4.12. The first-order valence-corrected chi connectivity index (χ1v) is 6.16. The third-order valence-electron chi connectivity index (χ3n) is 2.74. The highest BCUT2D eigenvalue weighted by molar-refractivity contribution is 6.30. The molecular weight excluding hydrogens is 311 g/mol. The second kappa shape index (κ2) is 6.00. The second-order valence-corrected chi connectivity index (χ2v) is 4.48. The Morgan fingerprint density at radius 1 is 1.38 bits per heavy atom. The van der Waals surface area contributed by atoms with Crippen molar-refractivity contribution in [1.82, 2.24) is 14.8 Å². The molecule has 21 heavy (non-hydrogen) atoms. The van der Waals surface area contributed by atoms with Gasteiger partial charge >= 0.3 is 6.18 Å². The minimum Gasteiger partial charge on any atom is -0.391 e. The topological polar surface area (TPSA) is 60.2 Å². The lowest BCUT2D eigenvalue weighted by atomic mass is 10.2. The minimum absolute atomic E-state index is 0.0804. The van der Waals surface area contributed by atoms with Crippen LogP contribution in [0.1, 0.15) is 16.8 Å². The molecule has 1 N–H and O–H groups in total. The summed E-state index contributed by atoms with van der Waals surface area (Å²) in [7, 11) is 1.45. The smallest absolute Gasteiger partial charge is 0.391 e. The molecule has 5 nitrogen and oxygen atoms in total.